The van der Waals surface area contributed by atoms with Crippen LogP contribution in [0.1, 0.15) is 27.3 Å². The highest BCUT2D eigenvalue weighted by molar-refractivity contribution is 5.80. The third-order valence-corrected chi connectivity index (χ3v) is 3.27. The third kappa shape index (κ3) is 2.84. The number of ether oxygens (including phenoxy) is 1. The van der Waals surface area contributed by atoms with Crippen molar-refractivity contribution in [3.8, 4) is 5.75 Å². The second-order valence-corrected chi connectivity index (χ2v) is 4.70. The van der Waals surface area contributed by atoms with Gasteiger partial charge in [0.25, 0.3) is 5.91 Å². The summed E-state index contributed by atoms with van der Waals surface area (Å²) in [5.74, 6) is 0.534. The first-order valence-corrected chi connectivity index (χ1v) is 6.24. The Morgan fingerprint density at radius 2 is 1.79 bits per heavy atom. The third-order valence-electron chi connectivity index (χ3n) is 3.27. The summed E-state index contributed by atoms with van der Waals surface area (Å²) >= 11 is 0. The molecule has 1 heterocycles. The minimum Gasteiger partial charge on any atom is -0.484 e. The summed E-state index contributed by atoms with van der Waals surface area (Å²) in [6, 6.07) is 7.62. The molecule has 2 rings (SSSR count). The van der Waals surface area contributed by atoms with Crippen LogP contribution in [-0.2, 0) is 0 Å². The summed E-state index contributed by atoms with van der Waals surface area (Å²) in [5.41, 5.74) is 3.95. The fourth-order valence-electron chi connectivity index (χ4n) is 1.80. The van der Waals surface area contributed by atoms with Gasteiger partial charge in [0.15, 0.2) is 6.61 Å². The van der Waals surface area contributed by atoms with Crippen molar-refractivity contribution in [3.63, 3.8) is 0 Å². The van der Waals surface area contributed by atoms with Crippen molar-refractivity contribution < 1.29 is 9.53 Å². The van der Waals surface area contributed by atoms with Gasteiger partial charge < -0.3 is 4.74 Å². The molecule has 2 aromatic rings. The van der Waals surface area contributed by atoms with E-state index in [4.69, 9.17) is 4.74 Å². The van der Waals surface area contributed by atoms with E-state index in [0.29, 0.717) is 5.75 Å². The Kier molecular flexibility index (Phi) is 3.69. The highest BCUT2D eigenvalue weighted by atomic mass is 16.5. The summed E-state index contributed by atoms with van der Waals surface area (Å²) in [7, 11) is 0. The number of hydrogen-bond donors (Lipinski definition) is 0. The first kappa shape index (κ1) is 13.3. The smallest absolute Gasteiger partial charge is 0.284 e. The molecule has 0 spiro atoms. The zero-order valence-electron chi connectivity index (χ0n) is 11.7. The number of carbonyl (C=O) groups excluding carboxylic acids is 1. The molecular formula is C15H18N2O2. The van der Waals surface area contributed by atoms with E-state index in [9.17, 15) is 4.79 Å². The van der Waals surface area contributed by atoms with E-state index in [0.717, 1.165) is 22.5 Å². The SMILES string of the molecule is Cc1ccc(OCC(=O)n2nc(C)c(C)c2C)cc1. The van der Waals surface area contributed by atoms with Crippen LogP contribution in [0.3, 0.4) is 0 Å². The second kappa shape index (κ2) is 5.26. The Bertz CT molecular complexity index is 597. The monoisotopic (exact) mass is 258 g/mol. The molecule has 0 aliphatic carbocycles. The van der Waals surface area contributed by atoms with Crippen molar-refractivity contribution in [1.82, 2.24) is 9.78 Å². The lowest BCUT2D eigenvalue weighted by molar-refractivity contribution is 0.0818. The van der Waals surface area contributed by atoms with Crippen LogP contribution in [0.2, 0.25) is 0 Å². The van der Waals surface area contributed by atoms with E-state index in [2.05, 4.69) is 5.10 Å². The fourth-order valence-corrected chi connectivity index (χ4v) is 1.80. The molecule has 0 radical (unpaired) electrons. The number of carbonyl (C=O) groups is 1. The number of hydrogen-bond acceptors (Lipinski definition) is 3. The highest BCUT2D eigenvalue weighted by Gasteiger charge is 2.14. The maximum Gasteiger partial charge on any atom is 0.284 e. The van der Waals surface area contributed by atoms with Gasteiger partial charge in [-0.3, -0.25) is 4.79 Å². The van der Waals surface area contributed by atoms with Gasteiger partial charge in [-0.25, -0.2) is 4.68 Å². The van der Waals surface area contributed by atoms with E-state index in [1.165, 1.54) is 4.68 Å². The molecule has 0 aliphatic heterocycles. The summed E-state index contributed by atoms with van der Waals surface area (Å²) in [5, 5.41) is 4.22. The molecule has 0 unspecified atom stereocenters. The number of benzene rings is 1. The Labute approximate surface area is 113 Å². The van der Waals surface area contributed by atoms with Crippen LogP contribution in [0, 0.1) is 27.7 Å². The summed E-state index contributed by atoms with van der Waals surface area (Å²) in [4.78, 5) is 12.0. The van der Waals surface area contributed by atoms with Crippen molar-refractivity contribution >= 4 is 5.91 Å². The molecular weight excluding hydrogens is 240 g/mol. The van der Waals surface area contributed by atoms with Gasteiger partial charge in [-0.05, 0) is 45.4 Å². The molecule has 0 saturated carbocycles. The minimum atomic E-state index is -0.158. The van der Waals surface area contributed by atoms with Crippen LogP contribution >= 0.6 is 0 Å². The Morgan fingerprint density at radius 3 is 2.32 bits per heavy atom. The van der Waals surface area contributed by atoms with Crippen molar-refractivity contribution in [2.45, 2.75) is 27.7 Å². The molecule has 0 saturated heterocycles. The predicted octanol–water partition coefficient (Wildman–Crippen LogP) is 2.84. The normalized spacial score (nSPS) is 10.5. The summed E-state index contributed by atoms with van der Waals surface area (Å²) < 4.78 is 6.89. The highest BCUT2D eigenvalue weighted by Crippen LogP contribution is 2.13. The fraction of sp³-hybridized carbons (Fsp3) is 0.333. The quantitative estimate of drug-likeness (QED) is 0.850. The molecule has 19 heavy (non-hydrogen) atoms. The number of nitrogens with zero attached hydrogens (tertiary/aromatic N) is 2. The van der Waals surface area contributed by atoms with Crippen LogP contribution < -0.4 is 4.74 Å². The molecule has 0 bridgehead atoms. The lowest BCUT2D eigenvalue weighted by Crippen LogP contribution is -2.21. The average Bonchev–Trinajstić information content (AvgIpc) is 2.65. The van der Waals surface area contributed by atoms with Gasteiger partial charge in [0.1, 0.15) is 5.75 Å². The van der Waals surface area contributed by atoms with Gasteiger partial charge in [0.2, 0.25) is 0 Å². The second-order valence-electron chi connectivity index (χ2n) is 4.70. The average molecular weight is 258 g/mol. The molecule has 100 valence electrons. The van der Waals surface area contributed by atoms with E-state index >= 15 is 0 Å². The topological polar surface area (TPSA) is 44.1 Å². The molecule has 0 fully saturated rings. The molecule has 0 N–H and O–H groups in total. The lowest BCUT2D eigenvalue weighted by atomic mass is 10.2. The summed E-state index contributed by atoms with van der Waals surface area (Å²) in [6.07, 6.45) is 0. The number of aromatic nitrogens is 2. The zero-order valence-corrected chi connectivity index (χ0v) is 11.7. The lowest BCUT2D eigenvalue weighted by Gasteiger charge is -2.06. The molecule has 4 heteroatoms. The van der Waals surface area contributed by atoms with Gasteiger partial charge in [0.05, 0.1) is 5.69 Å². The maximum atomic E-state index is 12.0. The van der Waals surface area contributed by atoms with Crippen LogP contribution in [-0.4, -0.2) is 22.3 Å². The Hall–Kier alpha value is -2.10. The van der Waals surface area contributed by atoms with E-state index in [1.807, 2.05) is 52.0 Å². The predicted molar refractivity (Wildman–Crippen MR) is 73.7 cm³/mol. The van der Waals surface area contributed by atoms with Gasteiger partial charge in [-0.2, -0.15) is 5.10 Å². The standard InChI is InChI=1S/C15H18N2O2/c1-10-5-7-14(8-6-10)19-9-15(18)17-13(4)11(2)12(3)16-17/h5-8H,9H2,1-4H3. The molecule has 0 aliphatic rings. The Morgan fingerprint density at radius 1 is 1.16 bits per heavy atom. The Balaban J connectivity index is 2.05. The molecule has 1 aromatic carbocycles. The van der Waals surface area contributed by atoms with Gasteiger partial charge in [-0.1, -0.05) is 17.7 Å². The van der Waals surface area contributed by atoms with Crippen LogP contribution in [0.25, 0.3) is 0 Å². The maximum absolute atomic E-state index is 12.0. The first-order chi connectivity index (χ1) is 8.99. The zero-order chi connectivity index (χ0) is 14.0. The van der Waals surface area contributed by atoms with Crippen LogP contribution in [0.4, 0.5) is 0 Å². The molecule has 1 aromatic heterocycles. The van der Waals surface area contributed by atoms with Crippen molar-refractivity contribution in [2.24, 2.45) is 0 Å². The van der Waals surface area contributed by atoms with Gasteiger partial charge in [0, 0.05) is 5.69 Å². The van der Waals surface area contributed by atoms with Gasteiger partial charge >= 0.3 is 0 Å². The molecule has 0 amide bonds. The largest absolute Gasteiger partial charge is 0.484 e. The number of aryl methyl sites for hydroxylation is 2. The van der Waals surface area contributed by atoms with E-state index in [-0.39, 0.29) is 12.5 Å². The number of rotatable bonds is 3. The minimum absolute atomic E-state index is 0.00946. The first-order valence-electron chi connectivity index (χ1n) is 6.24. The van der Waals surface area contributed by atoms with Crippen LogP contribution in [0.15, 0.2) is 24.3 Å². The summed E-state index contributed by atoms with van der Waals surface area (Å²) in [6.45, 7) is 7.74. The van der Waals surface area contributed by atoms with Gasteiger partial charge in [-0.15, -0.1) is 0 Å². The molecule has 0 atom stereocenters. The van der Waals surface area contributed by atoms with Crippen LogP contribution in [0.5, 0.6) is 5.75 Å². The van der Waals surface area contributed by atoms with Crippen molar-refractivity contribution in [1.29, 1.82) is 0 Å². The van der Waals surface area contributed by atoms with Crippen molar-refractivity contribution in [2.75, 3.05) is 6.61 Å². The van der Waals surface area contributed by atoms with Crippen molar-refractivity contribution in [3.05, 3.63) is 46.8 Å². The molecule has 4 nitrogen and oxygen atoms in total. The van der Waals surface area contributed by atoms with E-state index in [1.54, 1.807) is 0 Å². The van der Waals surface area contributed by atoms with E-state index < -0.39 is 0 Å².